The minimum absolute atomic E-state index is 0.0681. The number of carbonyl (C=O) groups excluding carboxylic acids is 2. The van der Waals surface area contributed by atoms with Crippen LogP contribution >= 0.6 is 11.6 Å². The molecule has 1 aliphatic rings. The highest BCUT2D eigenvalue weighted by atomic mass is 35.5. The molecule has 3 rings (SSSR count). The van der Waals surface area contributed by atoms with Crippen molar-refractivity contribution in [2.24, 2.45) is 0 Å². The maximum Gasteiger partial charge on any atom is 0.282 e. The monoisotopic (exact) mass is 388 g/mol. The summed E-state index contributed by atoms with van der Waals surface area (Å²) in [6.07, 6.45) is 1.40. The third-order valence-corrected chi connectivity index (χ3v) is 4.53. The topological polar surface area (TPSA) is 88.1 Å². The van der Waals surface area contributed by atoms with Crippen molar-refractivity contribution in [2.75, 3.05) is 19.2 Å². The van der Waals surface area contributed by atoms with Crippen LogP contribution in [0.25, 0.3) is 6.08 Å². The van der Waals surface area contributed by atoms with Gasteiger partial charge in [0.25, 0.3) is 11.8 Å². The maximum absolute atomic E-state index is 12.7. The molecular formula is C19H17ClN2O5. The molecule has 0 atom stereocenters. The lowest BCUT2D eigenvalue weighted by atomic mass is 10.1. The predicted molar refractivity (Wildman–Crippen MR) is 101 cm³/mol. The number of halogens is 1. The van der Waals surface area contributed by atoms with Gasteiger partial charge in [0.2, 0.25) is 5.75 Å². The lowest BCUT2D eigenvalue weighted by Gasteiger charge is -2.15. The largest absolute Gasteiger partial charge is 0.502 e. The number of ether oxygens (including phenoxy) is 2. The van der Waals surface area contributed by atoms with E-state index in [2.05, 4.69) is 5.43 Å². The van der Waals surface area contributed by atoms with Crippen molar-refractivity contribution in [1.29, 1.82) is 0 Å². The Labute approximate surface area is 160 Å². The van der Waals surface area contributed by atoms with E-state index in [1.165, 1.54) is 32.4 Å². The number of aromatic hydroxyl groups is 1. The van der Waals surface area contributed by atoms with E-state index in [0.717, 1.165) is 10.6 Å². The number of rotatable bonds is 4. The van der Waals surface area contributed by atoms with Crippen LogP contribution in [0.2, 0.25) is 5.02 Å². The van der Waals surface area contributed by atoms with Crippen LogP contribution in [0.3, 0.4) is 0 Å². The zero-order valence-corrected chi connectivity index (χ0v) is 15.6. The second kappa shape index (κ2) is 7.20. The van der Waals surface area contributed by atoms with E-state index in [1.54, 1.807) is 18.2 Å². The smallest absolute Gasteiger partial charge is 0.282 e. The summed E-state index contributed by atoms with van der Waals surface area (Å²) < 4.78 is 10.2. The molecule has 1 heterocycles. The Morgan fingerprint density at radius 3 is 2.30 bits per heavy atom. The van der Waals surface area contributed by atoms with Crippen molar-refractivity contribution >= 4 is 35.2 Å². The zero-order chi connectivity index (χ0) is 19.7. The number of amides is 2. The Hall–Kier alpha value is -3.19. The lowest BCUT2D eigenvalue weighted by molar-refractivity contribution is -0.117. The average molecular weight is 389 g/mol. The number of hydrogen-bond donors (Lipinski definition) is 2. The Morgan fingerprint density at radius 1 is 1.11 bits per heavy atom. The summed E-state index contributed by atoms with van der Waals surface area (Å²) in [5.74, 6) is -0.919. The van der Waals surface area contributed by atoms with Crippen LogP contribution in [0.5, 0.6) is 17.2 Å². The SMILES string of the molecule is COc1cc(C=C2C(=O)NN(c3ccc(C)c(Cl)c3)C2=O)cc(OC)c1O. The van der Waals surface area contributed by atoms with E-state index in [1.807, 2.05) is 6.92 Å². The van der Waals surface area contributed by atoms with Crippen LogP contribution in [0.4, 0.5) is 5.69 Å². The first-order valence-electron chi connectivity index (χ1n) is 7.94. The molecule has 1 fully saturated rings. The van der Waals surface area contributed by atoms with Gasteiger partial charge < -0.3 is 14.6 Å². The van der Waals surface area contributed by atoms with E-state index in [-0.39, 0.29) is 22.8 Å². The number of phenolic OH excluding ortho intramolecular Hbond substituents is 1. The van der Waals surface area contributed by atoms with Crippen LogP contribution in [0, 0.1) is 6.92 Å². The van der Waals surface area contributed by atoms with E-state index >= 15 is 0 Å². The molecule has 0 aliphatic carbocycles. The van der Waals surface area contributed by atoms with Crippen LogP contribution in [0.1, 0.15) is 11.1 Å². The summed E-state index contributed by atoms with van der Waals surface area (Å²) in [4.78, 5) is 25.0. The van der Waals surface area contributed by atoms with E-state index in [4.69, 9.17) is 21.1 Å². The highest BCUT2D eigenvalue weighted by molar-refractivity contribution is 6.33. The van der Waals surface area contributed by atoms with Crippen molar-refractivity contribution < 1.29 is 24.2 Å². The number of hydrogen-bond acceptors (Lipinski definition) is 5. The van der Waals surface area contributed by atoms with Gasteiger partial charge in [-0.25, -0.2) is 5.01 Å². The number of carbonyl (C=O) groups is 2. The Kier molecular flexibility index (Phi) is 4.96. The molecule has 8 heteroatoms. The second-order valence-electron chi connectivity index (χ2n) is 5.85. The molecule has 0 radical (unpaired) electrons. The highest BCUT2D eigenvalue weighted by Gasteiger charge is 2.34. The predicted octanol–water partition coefficient (Wildman–Crippen LogP) is 2.83. The third-order valence-electron chi connectivity index (χ3n) is 4.12. The standard InChI is InChI=1S/C19H17ClN2O5/c1-10-4-5-12(9-14(10)20)22-19(25)13(18(24)21-22)6-11-7-15(26-2)17(23)16(8-11)27-3/h4-9,23H,1-3H3,(H,21,24). The van der Waals surface area contributed by atoms with Gasteiger partial charge in [-0.1, -0.05) is 17.7 Å². The zero-order valence-electron chi connectivity index (χ0n) is 14.9. The molecule has 1 aliphatic heterocycles. The van der Waals surface area contributed by atoms with Crippen molar-refractivity contribution in [2.45, 2.75) is 6.92 Å². The fourth-order valence-corrected chi connectivity index (χ4v) is 2.80. The molecule has 0 spiro atoms. The Bertz CT molecular complexity index is 946. The quantitative estimate of drug-likeness (QED) is 0.621. The summed E-state index contributed by atoms with van der Waals surface area (Å²) in [5.41, 5.74) is 4.22. The number of phenols is 1. The number of benzene rings is 2. The van der Waals surface area contributed by atoms with Gasteiger partial charge in [-0.2, -0.15) is 0 Å². The first kappa shape index (κ1) is 18.6. The molecule has 0 aromatic heterocycles. The summed E-state index contributed by atoms with van der Waals surface area (Å²) in [7, 11) is 2.78. The van der Waals surface area contributed by atoms with Crippen LogP contribution < -0.4 is 19.9 Å². The Morgan fingerprint density at radius 2 is 1.74 bits per heavy atom. The van der Waals surface area contributed by atoms with Crippen molar-refractivity contribution in [3.8, 4) is 17.2 Å². The van der Waals surface area contributed by atoms with Crippen molar-refractivity contribution in [1.82, 2.24) is 5.43 Å². The van der Waals surface area contributed by atoms with Crippen LogP contribution in [-0.2, 0) is 9.59 Å². The molecule has 2 amide bonds. The minimum Gasteiger partial charge on any atom is -0.502 e. The lowest BCUT2D eigenvalue weighted by Crippen LogP contribution is -2.35. The third kappa shape index (κ3) is 3.41. The molecule has 0 bridgehead atoms. The first-order chi connectivity index (χ1) is 12.8. The van der Waals surface area contributed by atoms with E-state index < -0.39 is 11.8 Å². The number of hydrazine groups is 1. The number of nitrogens with zero attached hydrogens (tertiary/aromatic N) is 1. The van der Waals surface area contributed by atoms with Crippen molar-refractivity contribution in [3.63, 3.8) is 0 Å². The van der Waals surface area contributed by atoms with Gasteiger partial charge in [-0.15, -0.1) is 0 Å². The average Bonchev–Trinajstić information content (AvgIpc) is 2.93. The maximum atomic E-state index is 12.7. The van der Waals surface area contributed by atoms with Gasteiger partial charge in [0.15, 0.2) is 11.5 Å². The minimum atomic E-state index is -0.553. The van der Waals surface area contributed by atoms with Gasteiger partial charge in [0.05, 0.1) is 19.9 Å². The number of anilines is 1. The number of nitrogens with one attached hydrogen (secondary N) is 1. The Balaban J connectivity index is 1.99. The van der Waals surface area contributed by atoms with Crippen LogP contribution in [-0.4, -0.2) is 31.1 Å². The van der Waals surface area contributed by atoms with Gasteiger partial charge in [0, 0.05) is 5.02 Å². The molecule has 2 aromatic carbocycles. The van der Waals surface area contributed by atoms with Crippen molar-refractivity contribution in [3.05, 3.63) is 52.1 Å². The molecule has 140 valence electrons. The van der Waals surface area contributed by atoms with Gasteiger partial charge in [-0.05, 0) is 48.4 Å². The van der Waals surface area contributed by atoms with Gasteiger partial charge in [-0.3, -0.25) is 15.0 Å². The molecule has 27 heavy (non-hydrogen) atoms. The summed E-state index contributed by atoms with van der Waals surface area (Å²) in [6, 6.07) is 8.04. The normalized spacial score (nSPS) is 15.3. The molecular weight excluding hydrogens is 372 g/mol. The summed E-state index contributed by atoms with van der Waals surface area (Å²) >= 11 is 6.11. The molecule has 2 N–H and O–H groups in total. The highest BCUT2D eigenvalue weighted by Crippen LogP contribution is 2.38. The second-order valence-corrected chi connectivity index (χ2v) is 6.25. The summed E-state index contributed by atoms with van der Waals surface area (Å²) in [5, 5.41) is 11.6. The van der Waals surface area contributed by atoms with E-state index in [0.29, 0.717) is 16.3 Å². The van der Waals surface area contributed by atoms with Gasteiger partial charge >= 0.3 is 0 Å². The molecule has 0 unspecified atom stereocenters. The molecule has 7 nitrogen and oxygen atoms in total. The molecule has 1 saturated heterocycles. The fraction of sp³-hybridized carbons (Fsp3) is 0.158. The van der Waals surface area contributed by atoms with Gasteiger partial charge in [0.1, 0.15) is 5.57 Å². The number of methoxy groups -OCH3 is 2. The molecule has 0 saturated carbocycles. The fourth-order valence-electron chi connectivity index (χ4n) is 2.62. The summed E-state index contributed by atoms with van der Waals surface area (Å²) in [6.45, 7) is 1.84. The van der Waals surface area contributed by atoms with Crippen LogP contribution in [0.15, 0.2) is 35.9 Å². The first-order valence-corrected chi connectivity index (χ1v) is 8.31. The molecule has 2 aromatic rings. The van der Waals surface area contributed by atoms with E-state index in [9.17, 15) is 14.7 Å². The number of aryl methyl sites for hydroxylation is 1.